The molecule has 94 valence electrons. The Labute approximate surface area is 113 Å². The van der Waals surface area contributed by atoms with E-state index in [9.17, 15) is 0 Å². The molecule has 0 unspecified atom stereocenters. The van der Waals surface area contributed by atoms with E-state index in [1.807, 2.05) is 0 Å². The van der Waals surface area contributed by atoms with Gasteiger partial charge in [-0.2, -0.15) is 0 Å². The number of fused-ring (bicyclic) bond motifs is 3. The van der Waals surface area contributed by atoms with Gasteiger partial charge in [0.15, 0.2) is 0 Å². The lowest BCUT2D eigenvalue weighted by Crippen LogP contribution is -2.06. The van der Waals surface area contributed by atoms with E-state index in [0.717, 1.165) is 0 Å². The van der Waals surface area contributed by atoms with Crippen LogP contribution in [0, 0.1) is 5.92 Å². The molecule has 1 nitrogen and oxygen atoms in total. The topological polar surface area (TPSA) is 15.8 Å². The van der Waals surface area contributed by atoms with E-state index in [0.29, 0.717) is 11.8 Å². The van der Waals surface area contributed by atoms with Gasteiger partial charge in [-0.3, -0.25) is 0 Å². The van der Waals surface area contributed by atoms with E-state index in [2.05, 4.69) is 66.5 Å². The fourth-order valence-corrected chi connectivity index (χ4v) is 3.59. The van der Waals surface area contributed by atoms with Gasteiger partial charge in [0, 0.05) is 22.5 Å². The number of para-hydroxylation sites is 1. The highest BCUT2D eigenvalue weighted by Crippen LogP contribution is 2.44. The Morgan fingerprint density at radius 2 is 1.68 bits per heavy atom. The number of aromatic amines is 1. The van der Waals surface area contributed by atoms with Crippen LogP contribution in [0.5, 0.6) is 0 Å². The third kappa shape index (κ3) is 1.54. The van der Waals surface area contributed by atoms with Gasteiger partial charge in [0.1, 0.15) is 0 Å². The first-order valence-corrected chi connectivity index (χ1v) is 6.99. The zero-order valence-corrected chi connectivity index (χ0v) is 11.1. The highest BCUT2D eigenvalue weighted by atomic mass is 14.8. The van der Waals surface area contributed by atoms with Crippen LogP contribution in [-0.2, 0) is 6.42 Å². The summed E-state index contributed by atoms with van der Waals surface area (Å²) in [5.74, 6) is 1.19. The highest BCUT2D eigenvalue weighted by Gasteiger charge is 2.33. The first-order chi connectivity index (χ1) is 9.34. The number of benzene rings is 2. The van der Waals surface area contributed by atoms with Gasteiger partial charge in [-0.15, -0.1) is 0 Å². The van der Waals surface area contributed by atoms with Crippen LogP contribution in [0.15, 0.2) is 54.6 Å². The van der Waals surface area contributed by atoms with Crippen molar-refractivity contribution in [3.63, 3.8) is 0 Å². The van der Waals surface area contributed by atoms with Crippen molar-refractivity contribution in [1.82, 2.24) is 4.98 Å². The Bertz CT molecular complexity index is 724. The van der Waals surface area contributed by atoms with Gasteiger partial charge in [0.2, 0.25) is 0 Å². The van der Waals surface area contributed by atoms with Crippen LogP contribution in [0.3, 0.4) is 0 Å². The molecular formula is C18H17N. The zero-order valence-electron chi connectivity index (χ0n) is 11.1. The third-order valence-electron chi connectivity index (χ3n) is 4.41. The summed E-state index contributed by atoms with van der Waals surface area (Å²) in [4.78, 5) is 3.66. The van der Waals surface area contributed by atoms with Gasteiger partial charge in [0.05, 0.1) is 0 Å². The first-order valence-electron chi connectivity index (χ1n) is 6.99. The quantitative estimate of drug-likeness (QED) is 0.652. The lowest BCUT2D eigenvalue weighted by Gasteiger charge is -2.16. The van der Waals surface area contributed by atoms with Crippen molar-refractivity contribution in [2.45, 2.75) is 19.3 Å². The van der Waals surface area contributed by atoms with Crippen LogP contribution in [0.25, 0.3) is 10.9 Å². The molecule has 0 bridgehead atoms. The second-order valence-electron chi connectivity index (χ2n) is 5.63. The molecule has 19 heavy (non-hydrogen) atoms. The van der Waals surface area contributed by atoms with Crippen molar-refractivity contribution in [3.8, 4) is 0 Å². The molecule has 0 radical (unpaired) electrons. The van der Waals surface area contributed by atoms with Crippen molar-refractivity contribution in [2.75, 3.05) is 0 Å². The van der Waals surface area contributed by atoms with Gasteiger partial charge < -0.3 is 4.98 Å². The molecule has 2 aromatic carbocycles. The molecule has 0 aliphatic heterocycles. The summed E-state index contributed by atoms with van der Waals surface area (Å²) >= 11 is 0. The van der Waals surface area contributed by atoms with Gasteiger partial charge in [-0.05, 0) is 29.5 Å². The highest BCUT2D eigenvalue weighted by molar-refractivity contribution is 5.85. The molecule has 1 heteroatoms. The maximum Gasteiger partial charge on any atom is 0.0459 e. The lowest BCUT2D eigenvalue weighted by atomic mass is 9.89. The summed E-state index contributed by atoms with van der Waals surface area (Å²) in [7, 11) is 0. The number of H-pyrrole nitrogens is 1. The summed E-state index contributed by atoms with van der Waals surface area (Å²) in [5, 5.41) is 1.41. The Morgan fingerprint density at radius 3 is 2.53 bits per heavy atom. The summed E-state index contributed by atoms with van der Waals surface area (Å²) in [6, 6.07) is 19.5. The largest absolute Gasteiger partial charge is 0.358 e. The number of aromatic nitrogens is 1. The van der Waals surface area contributed by atoms with Crippen LogP contribution < -0.4 is 0 Å². The van der Waals surface area contributed by atoms with Crippen LogP contribution >= 0.6 is 0 Å². The Morgan fingerprint density at radius 1 is 0.947 bits per heavy atom. The predicted molar refractivity (Wildman–Crippen MR) is 79.5 cm³/mol. The number of hydrogen-bond donors (Lipinski definition) is 1. The van der Waals surface area contributed by atoms with Crippen LogP contribution in [0.2, 0.25) is 0 Å². The third-order valence-corrected chi connectivity index (χ3v) is 4.41. The smallest absolute Gasteiger partial charge is 0.0459 e. The minimum absolute atomic E-state index is 0.517. The van der Waals surface area contributed by atoms with Crippen molar-refractivity contribution in [2.24, 2.45) is 5.92 Å². The summed E-state index contributed by atoms with van der Waals surface area (Å²) in [6.45, 7) is 2.36. The molecule has 3 aromatic rings. The van der Waals surface area contributed by atoms with Crippen LogP contribution in [-0.4, -0.2) is 4.98 Å². The van der Waals surface area contributed by atoms with E-state index in [-0.39, 0.29) is 0 Å². The SMILES string of the molecule is C[C@H]1Cc2c([nH]c3ccccc23)[C@@H]1c1ccccc1. The van der Waals surface area contributed by atoms with Gasteiger partial charge in [-0.1, -0.05) is 55.5 Å². The Kier molecular flexibility index (Phi) is 2.28. The standard InChI is InChI=1S/C18H17N/c1-12-11-15-14-9-5-6-10-16(14)19-18(15)17(12)13-7-3-2-4-8-13/h2-10,12,17,19H,11H2,1H3/t12-,17-/m0/s1. The molecule has 1 aliphatic rings. The molecule has 0 saturated carbocycles. The fourth-order valence-electron chi connectivity index (χ4n) is 3.59. The molecule has 1 aromatic heterocycles. The monoisotopic (exact) mass is 247 g/mol. The second kappa shape index (κ2) is 3.99. The van der Waals surface area contributed by atoms with E-state index in [1.165, 1.54) is 34.1 Å². The molecular weight excluding hydrogens is 230 g/mol. The summed E-state index contributed by atoms with van der Waals surface area (Å²) in [6.07, 6.45) is 1.18. The van der Waals surface area contributed by atoms with E-state index in [4.69, 9.17) is 0 Å². The molecule has 2 atom stereocenters. The van der Waals surface area contributed by atoms with Crippen molar-refractivity contribution in [1.29, 1.82) is 0 Å². The normalized spacial score (nSPS) is 21.7. The second-order valence-corrected chi connectivity index (χ2v) is 5.63. The maximum absolute atomic E-state index is 3.66. The van der Waals surface area contributed by atoms with Crippen molar-refractivity contribution in [3.05, 3.63) is 71.4 Å². The zero-order chi connectivity index (χ0) is 12.8. The predicted octanol–water partition coefficient (Wildman–Crippen LogP) is 4.49. The summed E-state index contributed by atoms with van der Waals surface area (Å²) < 4.78 is 0. The van der Waals surface area contributed by atoms with Gasteiger partial charge in [-0.25, -0.2) is 0 Å². The Balaban J connectivity index is 1.92. The molecule has 1 N–H and O–H groups in total. The molecule has 0 amide bonds. The molecule has 0 saturated heterocycles. The van der Waals surface area contributed by atoms with Gasteiger partial charge >= 0.3 is 0 Å². The average Bonchev–Trinajstić information content (AvgIpc) is 2.94. The number of hydrogen-bond acceptors (Lipinski definition) is 0. The minimum Gasteiger partial charge on any atom is -0.358 e. The lowest BCUT2D eigenvalue weighted by molar-refractivity contribution is 0.551. The molecule has 1 aliphatic carbocycles. The first kappa shape index (κ1) is 10.9. The maximum atomic E-state index is 3.66. The summed E-state index contributed by atoms with van der Waals surface area (Å²) in [5.41, 5.74) is 5.66. The van der Waals surface area contributed by atoms with Crippen LogP contribution in [0.1, 0.15) is 29.7 Å². The van der Waals surface area contributed by atoms with E-state index < -0.39 is 0 Å². The number of nitrogens with one attached hydrogen (secondary N) is 1. The molecule has 0 spiro atoms. The Hall–Kier alpha value is -2.02. The minimum atomic E-state index is 0.517. The molecule has 0 fully saturated rings. The van der Waals surface area contributed by atoms with Crippen molar-refractivity contribution < 1.29 is 0 Å². The van der Waals surface area contributed by atoms with Gasteiger partial charge in [0.25, 0.3) is 0 Å². The number of rotatable bonds is 1. The van der Waals surface area contributed by atoms with Crippen molar-refractivity contribution >= 4 is 10.9 Å². The van der Waals surface area contributed by atoms with E-state index >= 15 is 0 Å². The van der Waals surface area contributed by atoms with E-state index in [1.54, 1.807) is 0 Å². The van der Waals surface area contributed by atoms with Crippen LogP contribution in [0.4, 0.5) is 0 Å². The molecule has 4 rings (SSSR count). The fraction of sp³-hybridized carbons (Fsp3) is 0.222. The average molecular weight is 247 g/mol. The molecule has 1 heterocycles.